The van der Waals surface area contributed by atoms with Crippen LogP contribution < -0.4 is 11.5 Å². The molecule has 1 fully saturated rings. The Morgan fingerprint density at radius 3 is 2.38 bits per heavy atom. The number of halogens is 4. The van der Waals surface area contributed by atoms with E-state index in [0.29, 0.717) is 0 Å². The van der Waals surface area contributed by atoms with Crippen LogP contribution in [0.1, 0.15) is 10.4 Å². The molecule has 0 spiro atoms. The number of carbonyl (C=O) groups excluding carboxylic acids is 1. The molecule has 0 aromatic heterocycles. The topological polar surface area (TPSA) is 164 Å². The zero-order chi connectivity index (χ0) is 21.9. The molecular formula is C15H16Cl3FN4O6. The Kier molecular flexibility index (Phi) is 7.60. The minimum atomic E-state index is -2.22. The SMILES string of the molecule is N=C(OC1OC(CN)C(OC(=O)c2ccc([N+](=O)[O-])cc2)C(F)C1N)C(Cl)(Cl)Cl. The number of nitrogens with zero attached hydrogens (tertiary/aromatic N) is 1. The Hall–Kier alpha value is -1.76. The van der Waals surface area contributed by atoms with Gasteiger partial charge < -0.3 is 25.7 Å². The van der Waals surface area contributed by atoms with Gasteiger partial charge in [-0.15, -0.1) is 0 Å². The molecule has 1 aliphatic rings. The van der Waals surface area contributed by atoms with Crippen LogP contribution in [0.25, 0.3) is 0 Å². The lowest BCUT2D eigenvalue weighted by Gasteiger charge is -2.41. The van der Waals surface area contributed by atoms with Gasteiger partial charge in [0, 0.05) is 18.7 Å². The van der Waals surface area contributed by atoms with Crippen LogP contribution in [0.15, 0.2) is 24.3 Å². The van der Waals surface area contributed by atoms with Gasteiger partial charge in [-0.05, 0) is 12.1 Å². The molecule has 5 N–H and O–H groups in total. The van der Waals surface area contributed by atoms with Crippen LogP contribution in [0.2, 0.25) is 0 Å². The molecule has 0 bridgehead atoms. The highest BCUT2D eigenvalue weighted by atomic mass is 35.6. The van der Waals surface area contributed by atoms with Crippen molar-refractivity contribution in [3.05, 3.63) is 39.9 Å². The summed E-state index contributed by atoms with van der Waals surface area (Å²) in [6.07, 6.45) is -6.19. The van der Waals surface area contributed by atoms with Crippen LogP contribution in [0.3, 0.4) is 0 Å². The normalized spacial score (nSPS) is 27.2. The van der Waals surface area contributed by atoms with E-state index in [1.807, 2.05) is 0 Å². The summed E-state index contributed by atoms with van der Waals surface area (Å²) in [6, 6.07) is 3.00. The predicted octanol–water partition coefficient (Wildman–Crippen LogP) is 1.83. The molecule has 1 heterocycles. The van der Waals surface area contributed by atoms with Gasteiger partial charge in [-0.3, -0.25) is 15.5 Å². The Morgan fingerprint density at radius 1 is 1.31 bits per heavy atom. The molecule has 1 aromatic carbocycles. The van der Waals surface area contributed by atoms with Crippen molar-refractivity contribution in [2.75, 3.05) is 6.54 Å². The zero-order valence-electron chi connectivity index (χ0n) is 14.5. The van der Waals surface area contributed by atoms with Crippen molar-refractivity contribution < 1.29 is 28.3 Å². The highest BCUT2D eigenvalue weighted by Crippen LogP contribution is 2.31. The van der Waals surface area contributed by atoms with Crippen molar-refractivity contribution in [2.24, 2.45) is 11.5 Å². The van der Waals surface area contributed by atoms with E-state index in [1.165, 1.54) is 0 Å². The number of alkyl halides is 4. The maximum Gasteiger partial charge on any atom is 0.338 e. The Balaban J connectivity index is 2.12. The van der Waals surface area contributed by atoms with E-state index in [0.717, 1.165) is 24.3 Å². The van der Waals surface area contributed by atoms with Crippen LogP contribution in [-0.2, 0) is 14.2 Å². The minimum absolute atomic E-state index is 0.0523. The molecule has 2 rings (SSSR count). The summed E-state index contributed by atoms with van der Waals surface area (Å²) >= 11 is 16.5. The summed E-state index contributed by atoms with van der Waals surface area (Å²) in [7, 11) is 0. The van der Waals surface area contributed by atoms with Gasteiger partial charge in [-0.1, -0.05) is 34.8 Å². The van der Waals surface area contributed by atoms with Crippen molar-refractivity contribution in [2.45, 2.75) is 34.5 Å². The maximum absolute atomic E-state index is 14.8. The fourth-order valence-corrected chi connectivity index (χ4v) is 2.58. The molecule has 0 aliphatic carbocycles. The first-order valence-electron chi connectivity index (χ1n) is 7.98. The number of hydrogen-bond acceptors (Lipinski definition) is 9. The molecular weight excluding hydrogens is 458 g/mol. The lowest BCUT2D eigenvalue weighted by molar-refractivity contribution is -0.384. The van der Waals surface area contributed by atoms with Crippen molar-refractivity contribution in [3.63, 3.8) is 0 Å². The highest BCUT2D eigenvalue weighted by molar-refractivity contribution is 6.76. The van der Waals surface area contributed by atoms with E-state index >= 15 is 0 Å². The highest BCUT2D eigenvalue weighted by Gasteiger charge is 2.49. The molecule has 0 amide bonds. The maximum atomic E-state index is 14.8. The van der Waals surface area contributed by atoms with Gasteiger partial charge in [0.1, 0.15) is 12.1 Å². The lowest BCUT2D eigenvalue weighted by atomic mass is 9.98. The van der Waals surface area contributed by atoms with Gasteiger partial charge in [0.05, 0.1) is 10.5 Å². The van der Waals surface area contributed by atoms with Gasteiger partial charge in [0.15, 0.2) is 12.3 Å². The van der Waals surface area contributed by atoms with E-state index in [1.54, 1.807) is 0 Å². The first-order valence-corrected chi connectivity index (χ1v) is 9.12. The van der Waals surface area contributed by atoms with Gasteiger partial charge in [-0.2, -0.15) is 0 Å². The molecule has 14 heteroatoms. The van der Waals surface area contributed by atoms with Crippen molar-refractivity contribution in [1.82, 2.24) is 0 Å². The molecule has 1 aliphatic heterocycles. The zero-order valence-corrected chi connectivity index (χ0v) is 16.7. The second-order valence-electron chi connectivity index (χ2n) is 5.92. The molecule has 160 valence electrons. The number of hydrogen-bond donors (Lipinski definition) is 3. The summed E-state index contributed by atoms with van der Waals surface area (Å²) in [5.74, 6) is -1.80. The number of ether oxygens (including phenoxy) is 3. The van der Waals surface area contributed by atoms with Crippen LogP contribution in [0.4, 0.5) is 10.1 Å². The van der Waals surface area contributed by atoms with E-state index in [4.69, 9.17) is 65.9 Å². The third-order valence-corrected chi connectivity index (χ3v) is 4.47. The number of rotatable bonds is 5. The van der Waals surface area contributed by atoms with E-state index < -0.39 is 51.3 Å². The van der Waals surface area contributed by atoms with E-state index in [-0.39, 0.29) is 17.8 Å². The number of carbonyl (C=O) groups is 1. The van der Waals surface area contributed by atoms with Crippen LogP contribution in [0, 0.1) is 15.5 Å². The van der Waals surface area contributed by atoms with E-state index in [9.17, 15) is 19.3 Å². The minimum Gasteiger partial charge on any atom is -0.453 e. The van der Waals surface area contributed by atoms with Gasteiger partial charge >= 0.3 is 5.97 Å². The number of nitro groups is 1. The largest absolute Gasteiger partial charge is 0.453 e. The van der Waals surface area contributed by atoms with Gasteiger partial charge in [0.25, 0.3) is 9.48 Å². The third-order valence-electron chi connectivity index (χ3n) is 3.95. The average molecular weight is 474 g/mol. The summed E-state index contributed by atoms with van der Waals surface area (Å²) in [4.78, 5) is 22.3. The molecule has 0 saturated carbocycles. The summed E-state index contributed by atoms with van der Waals surface area (Å²) in [5.41, 5.74) is 11.0. The number of non-ortho nitro benzene ring substituents is 1. The van der Waals surface area contributed by atoms with Crippen LogP contribution in [-0.4, -0.2) is 57.8 Å². The molecule has 1 saturated heterocycles. The number of esters is 1. The predicted molar refractivity (Wildman–Crippen MR) is 102 cm³/mol. The molecule has 0 radical (unpaired) electrons. The van der Waals surface area contributed by atoms with Crippen molar-refractivity contribution >= 4 is 52.4 Å². The molecule has 5 unspecified atom stereocenters. The second-order valence-corrected chi connectivity index (χ2v) is 8.20. The quantitative estimate of drug-likeness (QED) is 0.145. The van der Waals surface area contributed by atoms with Crippen molar-refractivity contribution in [3.8, 4) is 0 Å². The summed E-state index contributed by atoms with van der Waals surface area (Å²) < 4.78 is 28.1. The van der Waals surface area contributed by atoms with Crippen LogP contribution in [0.5, 0.6) is 0 Å². The van der Waals surface area contributed by atoms with Gasteiger partial charge in [-0.25, -0.2) is 9.18 Å². The number of nitrogens with two attached hydrogens (primary N) is 2. The molecule has 1 aromatic rings. The lowest BCUT2D eigenvalue weighted by Crippen LogP contribution is -2.63. The monoisotopic (exact) mass is 472 g/mol. The third kappa shape index (κ3) is 5.65. The summed E-state index contributed by atoms with van der Waals surface area (Å²) in [6.45, 7) is -0.285. The Morgan fingerprint density at radius 2 is 1.90 bits per heavy atom. The Bertz CT molecular complexity index is 776. The average Bonchev–Trinajstić information content (AvgIpc) is 2.66. The smallest absolute Gasteiger partial charge is 0.338 e. The Labute approximate surface area is 178 Å². The fraction of sp³-hybridized carbons (Fsp3) is 0.467. The van der Waals surface area contributed by atoms with Crippen molar-refractivity contribution in [1.29, 1.82) is 5.41 Å². The molecule has 5 atom stereocenters. The molecule has 29 heavy (non-hydrogen) atoms. The molecule has 10 nitrogen and oxygen atoms in total. The summed E-state index contributed by atoms with van der Waals surface area (Å²) in [5, 5.41) is 18.2. The fourth-order valence-electron chi connectivity index (χ4n) is 2.45. The van der Waals surface area contributed by atoms with Crippen LogP contribution >= 0.6 is 34.8 Å². The van der Waals surface area contributed by atoms with E-state index in [2.05, 4.69) is 0 Å². The first-order chi connectivity index (χ1) is 13.5. The number of nitro benzene ring substituents is 1. The number of nitrogens with one attached hydrogen (secondary N) is 1. The number of benzene rings is 1. The second kappa shape index (κ2) is 9.37. The standard InChI is InChI=1S/C15H16Cl3FN4O6/c16-15(17,18)14(22)29-13-10(21)9(19)11(8(5-20)27-13)28-12(24)6-1-3-7(4-2-6)23(25)26/h1-4,8-11,13,22H,5,20-21H2. The van der Waals surface area contributed by atoms with Gasteiger partial charge in [0.2, 0.25) is 12.2 Å². The first kappa shape index (κ1) is 23.5.